The van der Waals surface area contributed by atoms with E-state index < -0.39 is 0 Å². The van der Waals surface area contributed by atoms with Crippen LogP contribution in [-0.4, -0.2) is 25.2 Å². The summed E-state index contributed by atoms with van der Waals surface area (Å²) in [6.07, 6.45) is 3.13. The summed E-state index contributed by atoms with van der Waals surface area (Å²) in [4.78, 5) is 11.4. The van der Waals surface area contributed by atoms with E-state index >= 15 is 0 Å². The number of carbonyl (C=O) groups excluding carboxylic acids is 1. The smallest absolute Gasteiger partial charge is 0.322 e. The van der Waals surface area contributed by atoms with Gasteiger partial charge in [-0.15, -0.1) is 0 Å². The highest BCUT2D eigenvalue weighted by Crippen LogP contribution is 2.05. The number of hydrogen-bond donors (Lipinski definition) is 1. The molecule has 0 saturated carbocycles. The van der Waals surface area contributed by atoms with Crippen LogP contribution < -0.4 is 5.32 Å². The predicted molar refractivity (Wildman–Crippen MR) is 61.1 cm³/mol. The molecule has 1 aromatic heterocycles. The van der Waals surface area contributed by atoms with Crippen LogP contribution in [0.4, 0.5) is 0 Å². The molecule has 4 nitrogen and oxygen atoms in total. The van der Waals surface area contributed by atoms with Crippen LogP contribution in [0.25, 0.3) is 0 Å². The normalized spacial score (nSPS) is 14.4. The fourth-order valence-corrected chi connectivity index (χ4v) is 1.63. The van der Waals surface area contributed by atoms with Crippen molar-refractivity contribution in [3.05, 3.63) is 24.2 Å². The third kappa shape index (κ3) is 3.70. The van der Waals surface area contributed by atoms with Gasteiger partial charge in [-0.05, 0) is 25.5 Å². The molecule has 0 fully saturated rings. The van der Waals surface area contributed by atoms with E-state index in [4.69, 9.17) is 9.15 Å². The molecular formula is C12H19NO3. The van der Waals surface area contributed by atoms with Crippen LogP contribution in [0.5, 0.6) is 0 Å². The summed E-state index contributed by atoms with van der Waals surface area (Å²) in [6, 6.07) is 3.72. The minimum Gasteiger partial charge on any atom is -0.469 e. The molecule has 0 aliphatic carbocycles. The van der Waals surface area contributed by atoms with Gasteiger partial charge in [-0.1, -0.05) is 6.92 Å². The van der Waals surface area contributed by atoms with Crippen LogP contribution >= 0.6 is 0 Å². The number of ether oxygens (including phenoxy) is 1. The molecule has 4 heteroatoms. The Hall–Kier alpha value is -1.29. The second-order valence-corrected chi connectivity index (χ2v) is 3.84. The summed E-state index contributed by atoms with van der Waals surface area (Å²) in [5.41, 5.74) is 0. The first-order valence-corrected chi connectivity index (χ1v) is 5.53. The van der Waals surface area contributed by atoms with Gasteiger partial charge in [0.1, 0.15) is 11.8 Å². The monoisotopic (exact) mass is 225 g/mol. The van der Waals surface area contributed by atoms with Crippen molar-refractivity contribution in [3.8, 4) is 0 Å². The zero-order chi connectivity index (χ0) is 12.0. The van der Waals surface area contributed by atoms with E-state index in [0.29, 0.717) is 0 Å². The SMILES string of the molecule is CCC(NC(C)Cc1ccco1)C(=O)OC. The number of methoxy groups -OCH3 is 1. The number of furan rings is 1. The molecule has 0 radical (unpaired) electrons. The topological polar surface area (TPSA) is 51.5 Å². The van der Waals surface area contributed by atoms with Gasteiger partial charge in [0.2, 0.25) is 0 Å². The maximum Gasteiger partial charge on any atom is 0.322 e. The Morgan fingerprint density at radius 1 is 1.62 bits per heavy atom. The number of rotatable bonds is 6. The van der Waals surface area contributed by atoms with Gasteiger partial charge in [-0.3, -0.25) is 4.79 Å². The predicted octanol–water partition coefficient (Wildman–Crippen LogP) is 1.75. The van der Waals surface area contributed by atoms with Gasteiger partial charge in [-0.2, -0.15) is 0 Å². The highest BCUT2D eigenvalue weighted by Gasteiger charge is 2.19. The molecular weight excluding hydrogens is 206 g/mol. The zero-order valence-corrected chi connectivity index (χ0v) is 10.0. The Bertz CT molecular complexity index is 308. The second-order valence-electron chi connectivity index (χ2n) is 3.84. The van der Waals surface area contributed by atoms with Crippen LogP contribution in [-0.2, 0) is 16.0 Å². The first kappa shape index (κ1) is 12.8. The van der Waals surface area contributed by atoms with Crippen molar-refractivity contribution in [2.45, 2.75) is 38.8 Å². The lowest BCUT2D eigenvalue weighted by Crippen LogP contribution is -2.43. The van der Waals surface area contributed by atoms with Crippen molar-refractivity contribution in [2.24, 2.45) is 0 Å². The second kappa shape index (κ2) is 6.33. The molecule has 1 aromatic rings. The molecule has 0 saturated heterocycles. The van der Waals surface area contributed by atoms with Crippen molar-refractivity contribution in [3.63, 3.8) is 0 Å². The molecule has 0 aromatic carbocycles. The van der Waals surface area contributed by atoms with E-state index in [1.807, 2.05) is 26.0 Å². The Labute approximate surface area is 96.0 Å². The third-order valence-electron chi connectivity index (χ3n) is 2.47. The quantitative estimate of drug-likeness (QED) is 0.749. The van der Waals surface area contributed by atoms with E-state index in [2.05, 4.69) is 5.32 Å². The average Bonchev–Trinajstić information content (AvgIpc) is 2.77. The van der Waals surface area contributed by atoms with Gasteiger partial charge in [0.15, 0.2) is 0 Å². The van der Waals surface area contributed by atoms with Crippen molar-refractivity contribution in [2.75, 3.05) is 7.11 Å². The molecule has 1 N–H and O–H groups in total. The van der Waals surface area contributed by atoms with E-state index in [0.717, 1.165) is 18.6 Å². The Balaban J connectivity index is 2.43. The molecule has 1 heterocycles. The van der Waals surface area contributed by atoms with Crippen molar-refractivity contribution < 1.29 is 13.9 Å². The molecule has 1 rings (SSSR count). The molecule has 0 aliphatic rings. The summed E-state index contributed by atoms with van der Waals surface area (Å²) >= 11 is 0. The molecule has 90 valence electrons. The van der Waals surface area contributed by atoms with E-state index in [9.17, 15) is 4.79 Å². The average molecular weight is 225 g/mol. The maximum atomic E-state index is 11.4. The Morgan fingerprint density at radius 3 is 2.88 bits per heavy atom. The Morgan fingerprint density at radius 2 is 2.38 bits per heavy atom. The van der Waals surface area contributed by atoms with Crippen molar-refractivity contribution in [1.82, 2.24) is 5.32 Å². The van der Waals surface area contributed by atoms with Gasteiger partial charge in [-0.25, -0.2) is 0 Å². The molecule has 0 bridgehead atoms. The van der Waals surface area contributed by atoms with Gasteiger partial charge in [0, 0.05) is 12.5 Å². The first-order valence-electron chi connectivity index (χ1n) is 5.53. The van der Waals surface area contributed by atoms with Crippen LogP contribution in [0.1, 0.15) is 26.0 Å². The molecule has 0 spiro atoms. The van der Waals surface area contributed by atoms with Gasteiger partial charge < -0.3 is 14.5 Å². The molecule has 2 unspecified atom stereocenters. The van der Waals surface area contributed by atoms with E-state index in [-0.39, 0.29) is 18.1 Å². The fourth-order valence-electron chi connectivity index (χ4n) is 1.63. The summed E-state index contributed by atoms with van der Waals surface area (Å²) in [7, 11) is 1.41. The summed E-state index contributed by atoms with van der Waals surface area (Å²) in [6.45, 7) is 3.97. The van der Waals surface area contributed by atoms with Gasteiger partial charge in [0.25, 0.3) is 0 Å². The third-order valence-corrected chi connectivity index (χ3v) is 2.47. The summed E-state index contributed by atoms with van der Waals surface area (Å²) in [5.74, 6) is 0.702. The van der Waals surface area contributed by atoms with E-state index in [1.54, 1.807) is 6.26 Å². The van der Waals surface area contributed by atoms with Crippen molar-refractivity contribution >= 4 is 5.97 Å². The zero-order valence-electron chi connectivity index (χ0n) is 10.0. The lowest BCUT2D eigenvalue weighted by atomic mass is 10.1. The molecule has 0 amide bonds. The Kier molecular flexibility index (Phi) is 5.05. The maximum absolute atomic E-state index is 11.4. The fraction of sp³-hybridized carbons (Fsp3) is 0.583. The first-order chi connectivity index (χ1) is 7.67. The van der Waals surface area contributed by atoms with E-state index in [1.165, 1.54) is 7.11 Å². The number of carbonyl (C=O) groups is 1. The minimum absolute atomic E-state index is 0.176. The number of hydrogen-bond acceptors (Lipinski definition) is 4. The highest BCUT2D eigenvalue weighted by molar-refractivity contribution is 5.75. The number of nitrogens with one attached hydrogen (secondary N) is 1. The number of esters is 1. The molecule has 16 heavy (non-hydrogen) atoms. The van der Waals surface area contributed by atoms with Crippen LogP contribution in [0.3, 0.4) is 0 Å². The minimum atomic E-state index is -0.241. The largest absolute Gasteiger partial charge is 0.469 e. The van der Waals surface area contributed by atoms with Gasteiger partial charge in [0.05, 0.1) is 13.4 Å². The summed E-state index contributed by atoms with van der Waals surface area (Å²) in [5, 5.41) is 3.22. The van der Waals surface area contributed by atoms with Crippen LogP contribution in [0.15, 0.2) is 22.8 Å². The lowest BCUT2D eigenvalue weighted by molar-refractivity contribution is -0.143. The van der Waals surface area contributed by atoms with Gasteiger partial charge >= 0.3 is 5.97 Å². The molecule has 0 aliphatic heterocycles. The summed E-state index contributed by atoms with van der Waals surface area (Å²) < 4.78 is 9.96. The van der Waals surface area contributed by atoms with Crippen LogP contribution in [0, 0.1) is 0 Å². The van der Waals surface area contributed by atoms with Crippen molar-refractivity contribution in [1.29, 1.82) is 0 Å². The standard InChI is InChI=1S/C12H19NO3/c1-4-11(12(14)15-3)13-9(2)8-10-6-5-7-16-10/h5-7,9,11,13H,4,8H2,1-3H3. The van der Waals surface area contributed by atoms with Crippen LogP contribution in [0.2, 0.25) is 0 Å². The highest BCUT2D eigenvalue weighted by atomic mass is 16.5. The lowest BCUT2D eigenvalue weighted by Gasteiger charge is -2.19. The molecule has 2 atom stereocenters.